The third-order valence-corrected chi connectivity index (χ3v) is 6.29. The highest BCUT2D eigenvalue weighted by Crippen LogP contribution is 2.42. The van der Waals surface area contributed by atoms with Crippen LogP contribution in [0.15, 0.2) is 53.7 Å². The number of fused-ring (bicyclic) bond motifs is 7. The maximum Gasteiger partial charge on any atom is 0.331 e. The summed E-state index contributed by atoms with van der Waals surface area (Å²) >= 11 is 0. The number of hydrogen-bond acceptors (Lipinski definition) is 6. The molecule has 2 aliphatic rings. The summed E-state index contributed by atoms with van der Waals surface area (Å²) in [5.41, 5.74) is 4.72. The quantitative estimate of drug-likeness (QED) is 0.304. The van der Waals surface area contributed by atoms with Crippen LogP contribution in [-0.2, 0) is 16.2 Å². The van der Waals surface area contributed by atoms with Crippen LogP contribution in [0, 0.1) is 0 Å². The number of carbonyl (C=O) groups is 3. The number of hydrogen-bond donors (Lipinski definition) is 0. The summed E-state index contributed by atoms with van der Waals surface area (Å²) in [4.78, 5) is 42.5. The Bertz CT molecular complexity index is 1590. The summed E-state index contributed by atoms with van der Waals surface area (Å²) in [6.07, 6.45) is 0. The third kappa shape index (κ3) is 2.62. The van der Waals surface area contributed by atoms with Crippen molar-refractivity contribution in [3.05, 3.63) is 76.3 Å². The number of carbonyl (C=O) groups excluding carboxylic acids is 3. The Hall–Kier alpha value is -4.26. The van der Waals surface area contributed by atoms with Gasteiger partial charge in [-0.3, -0.25) is 9.59 Å². The second-order valence-electron chi connectivity index (χ2n) is 8.11. The summed E-state index contributed by atoms with van der Waals surface area (Å²) < 4.78 is 8.09. The average molecular weight is 438 g/mol. The molecule has 1 aromatic heterocycles. The fraction of sp³-hybridized carbons (Fsp3) is 0.154. The lowest BCUT2D eigenvalue weighted by Crippen LogP contribution is -2.20. The van der Waals surface area contributed by atoms with Gasteiger partial charge in [-0.05, 0) is 31.2 Å². The Kier molecular flexibility index (Phi) is 4.04. The first-order valence-corrected chi connectivity index (χ1v) is 10.7. The van der Waals surface area contributed by atoms with Crippen molar-refractivity contribution in [2.75, 3.05) is 6.61 Å². The molecule has 0 spiro atoms. The van der Waals surface area contributed by atoms with Gasteiger partial charge in [0.05, 0.1) is 16.4 Å². The number of oxime groups is 1. The summed E-state index contributed by atoms with van der Waals surface area (Å²) in [5.74, 6) is -0.183. The van der Waals surface area contributed by atoms with Crippen LogP contribution < -0.4 is 4.74 Å². The minimum absolute atomic E-state index is 0.146. The molecular formula is C26H18N2O5. The summed E-state index contributed by atoms with van der Waals surface area (Å²) in [6, 6.07) is 14.4. The van der Waals surface area contributed by atoms with Gasteiger partial charge in [0.2, 0.25) is 0 Å². The van der Waals surface area contributed by atoms with Crippen LogP contribution in [0.25, 0.3) is 21.8 Å². The van der Waals surface area contributed by atoms with Crippen molar-refractivity contribution in [3.63, 3.8) is 0 Å². The van der Waals surface area contributed by atoms with E-state index < -0.39 is 5.97 Å². The normalized spacial score (nSPS) is 15.5. The molecule has 7 heteroatoms. The summed E-state index contributed by atoms with van der Waals surface area (Å²) in [7, 11) is 0. The molecule has 7 nitrogen and oxygen atoms in total. The first-order chi connectivity index (χ1) is 16.0. The Labute approximate surface area is 188 Å². The lowest BCUT2D eigenvalue weighted by Gasteiger charge is -2.17. The topological polar surface area (TPSA) is 87.0 Å². The number of aromatic nitrogens is 1. The van der Waals surface area contributed by atoms with E-state index in [1.165, 1.54) is 6.92 Å². The van der Waals surface area contributed by atoms with Gasteiger partial charge in [-0.2, -0.15) is 0 Å². The van der Waals surface area contributed by atoms with Crippen molar-refractivity contribution >= 4 is 45.1 Å². The minimum atomic E-state index is -0.505. The zero-order valence-corrected chi connectivity index (χ0v) is 18.0. The highest BCUT2D eigenvalue weighted by molar-refractivity contribution is 6.30. The van der Waals surface area contributed by atoms with Crippen molar-refractivity contribution in [1.29, 1.82) is 0 Å². The van der Waals surface area contributed by atoms with Crippen LogP contribution >= 0.6 is 0 Å². The van der Waals surface area contributed by atoms with Gasteiger partial charge in [0, 0.05) is 46.7 Å². The summed E-state index contributed by atoms with van der Waals surface area (Å²) in [6.45, 7) is 4.17. The molecule has 162 valence electrons. The van der Waals surface area contributed by atoms with Crippen LogP contribution in [0.4, 0.5) is 0 Å². The van der Waals surface area contributed by atoms with Crippen LogP contribution in [0.1, 0.15) is 51.3 Å². The zero-order valence-electron chi connectivity index (χ0n) is 18.0. The van der Waals surface area contributed by atoms with Crippen LogP contribution in [0.5, 0.6) is 5.75 Å². The molecule has 0 bridgehead atoms. The number of ether oxygens (including phenoxy) is 1. The fourth-order valence-electron chi connectivity index (χ4n) is 4.88. The summed E-state index contributed by atoms with van der Waals surface area (Å²) in [5, 5.41) is 5.61. The standard InChI is InChI=1S/C26H18N2O5/c1-3-28-21-9-8-16-20(27-33-13(2)29)12-32-26(16)23(21)19-10-17-18(11-22(19)28)25(31)15-7-5-4-6-14(15)24(17)30/h4-11H,3,12H2,1-2H3/b27-20+. The van der Waals surface area contributed by atoms with Gasteiger partial charge in [0.1, 0.15) is 18.1 Å². The van der Waals surface area contributed by atoms with Gasteiger partial charge in [0.15, 0.2) is 11.6 Å². The molecular weight excluding hydrogens is 420 g/mol. The molecule has 0 saturated carbocycles. The van der Waals surface area contributed by atoms with Crippen molar-refractivity contribution in [2.45, 2.75) is 20.4 Å². The van der Waals surface area contributed by atoms with E-state index in [0.29, 0.717) is 40.3 Å². The van der Waals surface area contributed by atoms with E-state index in [1.54, 1.807) is 30.3 Å². The molecule has 0 atom stereocenters. The number of rotatable bonds is 2. The minimum Gasteiger partial charge on any atom is -0.486 e. The van der Waals surface area contributed by atoms with Gasteiger partial charge >= 0.3 is 5.97 Å². The van der Waals surface area contributed by atoms with Crippen molar-refractivity contribution in [2.24, 2.45) is 5.16 Å². The lowest BCUT2D eigenvalue weighted by molar-refractivity contribution is -0.140. The van der Waals surface area contributed by atoms with Gasteiger partial charge < -0.3 is 14.1 Å². The molecule has 0 radical (unpaired) electrons. The molecule has 0 amide bonds. The molecule has 6 rings (SSSR count). The molecule has 0 fully saturated rings. The molecule has 3 aromatic carbocycles. The Morgan fingerprint density at radius 1 is 0.970 bits per heavy atom. The SMILES string of the molecule is CCn1c2cc3c(cc2c2c4c(ccc21)/C(=N/OC(C)=O)CO4)C(=O)c1ccccc1C3=O. The maximum atomic E-state index is 13.3. The predicted molar refractivity (Wildman–Crippen MR) is 122 cm³/mol. The zero-order chi connectivity index (χ0) is 22.9. The van der Waals surface area contributed by atoms with Gasteiger partial charge in [-0.1, -0.05) is 29.4 Å². The molecule has 4 aromatic rings. The highest BCUT2D eigenvalue weighted by atomic mass is 16.7. The van der Waals surface area contributed by atoms with E-state index >= 15 is 0 Å². The highest BCUT2D eigenvalue weighted by Gasteiger charge is 2.32. The first-order valence-electron chi connectivity index (χ1n) is 10.7. The second-order valence-corrected chi connectivity index (χ2v) is 8.11. The number of aryl methyl sites for hydroxylation is 1. The average Bonchev–Trinajstić information content (AvgIpc) is 3.38. The van der Waals surface area contributed by atoms with E-state index in [1.807, 2.05) is 25.1 Å². The number of nitrogens with zero attached hydrogens (tertiary/aromatic N) is 2. The monoisotopic (exact) mass is 438 g/mol. The van der Waals surface area contributed by atoms with Gasteiger partial charge in [-0.15, -0.1) is 0 Å². The largest absolute Gasteiger partial charge is 0.486 e. The van der Waals surface area contributed by atoms with Crippen molar-refractivity contribution in [3.8, 4) is 5.75 Å². The van der Waals surface area contributed by atoms with E-state index in [-0.39, 0.29) is 18.2 Å². The molecule has 0 saturated heterocycles. The molecule has 0 N–H and O–H groups in total. The predicted octanol–water partition coefficient (Wildman–Crippen LogP) is 4.25. The van der Waals surface area contributed by atoms with Crippen molar-refractivity contribution in [1.82, 2.24) is 4.57 Å². The molecule has 33 heavy (non-hydrogen) atoms. The van der Waals surface area contributed by atoms with Crippen molar-refractivity contribution < 1.29 is 24.0 Å². The Morgan fingerprint density at radius 2 is 1.67 bits per heavy atom. The lowest BCUT2D eigenvalue weighted by atomic mass is 9.83. The van der Waals surface area contributed by atoms with E-state index in [2.05, 4.69) is 9.72 Å². The van der Waals surface area contributed by atoms with Gasteiger partial charge in [0.25, 0.3) is 0 Å². The number of benzene rings is 3. The van der Waals surface area contributed by atoms with Crippen LogP contribution in [0.2, 0.25) is 0 Å². The Balaban J connectivity index is 1.65. The van der Waals surface area contributed by atoms with E-state index in [0.717, 1.165) is 27.4 Å². The molecule has 2 heterocycles. The van der Waals surface area contributed by atoms with Crippen LogP contribution in [0.3, 0.4) is 0 Å². The smallest absolute Gasteiger partial charge is 0.331 e. The molecule has 1 aliphatic heterocycles. The van der Waals surface area contributed by atoms with Gasteiger partial charge in [-0.25, -0.2) is 4.79 Å². The fourth-order valence-corrected chi connectivity index (χ4v) is 4.88. The third-order valence-electron chi connectivity index (χ3n) is 6.29. The first kappa shape index (κ1) is 19.4. The second kappa shape index (κ2) is 6.87. The molecule has 0 unspecified atom stereocenters. The van der Waals surface area contributed by atoms with E-state index in [9.17, 15) is 14.4 Å². The van der Waals surface area contributed by atoms with Crippen LogP contribution in [-0.4, -0.2) is 34.4 Å². The molecule has 1 aliphatic carbocycles. The maximum absolute atomic E-state index is 13.3. The number of ketones is 2. The van der Waals surface area contributed by atoms with E-state index in [4.69, 9.17) is 9.57 Å². The Morgan fingerprint density at radius 3 is 2.33 bits per heavy atom.